The molecule has 0 spiro atoms. The summed E-state index contributed by atoms with van der Waals surface area (Å²) in [6.45, 7) is 5.86. The average Bonchev–Trinajstić information content (AvgIpc) is 2.89. The molecule has 2 saturated carbocycles. The molecular formula is C31H40Cl2N2O4. The Morgan fingerprint density at radius 3 is 2.44 bits per heavy atom. The van der Waals surface area contributed by atoms with Gasteiger partial charge in [0.25, 0.3) is 0 Å². The molecular weight excluding hydrogens is 535 g/mol. The van der Waals surface area contributed by atoms with E-state index in [1.807, 2.05) is 30.3 Å². The van der Waals surface area contributed by atoms with E-state index in [0.717, 1.165) is 48.9 Å². The van der Waals surface area contributed by atoms with Crippen LogP contribution in [-0.2, 0) is 25.5 Å². The molecule has 1 N–H and O–H groups in total. The topological polar surface area (TPSA) is 75.7 Å². The number of carbonyl (C=O) groups is 3. The van der Waals surface area contributed by atoms with Gasteiger partial charge in [-0.2, -0.15) is 0 Å². The van der Waals surface area contributed by atoms with Crippen molar-refractivity contribution >= 4 is 46.5 Å². The van der Waals surface area contributed by atoms with Gasteiger partial charge in [-0.15, -0.1) is 23.2 Å². The van der Waals surface area contributed by atoms with Crippen molar-refractivity contribution < 1.29 is 19.1 Å². The second kappa shape index (κ2) is 11.4. The number of carbonyl (C=O) groups excluding carboxylic acids is 3. The average molecular weight is 576 g/mol. The minimum Gasteiger partial charge on any atom is -0.462 e. The molecule has 1 saturated heterocycles. The van der Waals surface area contributed by atoms with Crippen molar-refractivity contribution in [3.63, 3.8) is 0 Å². The summed E-state index contributed by atoms with van der Waals surface area (Å²) in [5.74, 6) is 1.55. The second-order valence-electron chi connectivity index (χ2n) is 12.3. The van der Waals surface area contributed by atoms with Crippen molar-refractivity contribution in [3.05, 3.63) is 41.5 Å². The third-order valence-electron chi connectivity index (χ3n) is 10.1. The molecule has 1 aliphatic heterocycles. The highest BCUT2D eigenvalue weighted by molar-refractivity contribution is 6.18. The summed E-state index contributed by atoms with van der Waals surface area (Å²) < 4.78 is 5.95. The van der Waals surface area contributed by atoms with Gasteiger partial charge in [-0.05, 0) is 80.1 Å². The van der Waals surface area contributed by atoms with E-state index in [1.54, 1.807) is 0 Å². The molecule has 0 aromatic heterocycles. The maximum atomic E-state index is 13.5. The first kappa shape index (κ1) is 28.5. The molecule has 3 unspecified atom stereocenters. The standard InChI is InChI=1S/C31H40Cl2N2O4/c1-30-11-9-23(39-28(38)17-20-3-5-22(6-4-20)35(15-13-32)16-14-33)18-21(30)19-26(36)29-24(30)10-12-31(2)25(29)7-8-27(37)34-31/h3-6,19,23-25,29H,7-18H2,1-2H3,(H,34,37)/t23-,24?,25?,29?,30-,31-/m0/s1. The summed E-state index contributed by atoms with van der Waals surface area (Å²) in [5, 5.41) is 3.22. The fraction of sp³-hybridized carbons (Fsp3) is 0.645. The summed E-state index contributed by atoms with van der Waals surface area (Å²) in [6.07, 6.45) is 7.36. The van der Waals surface area contributed by atoms with Crippen molar-refractivity contribution in [2.24, 2.45) is 23.2 Å². The zero-order valence-electron chi connectivity index (χ0n) is 23.0. The molecule has 1 aromatic carbocycles. The van der Waals surface area contributed by atoms with E-state index >= 15 is 0 Å². The van der Waals surface area contributed by atoms with Crippen LogP contribution in [0.25, 0.3) is 0 Å². The minimum atomic E-state index is -0.286. The number of benzene rings is 1. The molecule has 6 nitrogen and oxygen atoms in total. The number of ether oxygens (including phenoxy) is 1. The molecule has 1 aromatic rings. The number of ketones is 1. The van der Waals surface area contributed by atoms with Gasteiger partial charge in [0, 0.05) is 54.8 Å². The molecule has 6 atom stereocenters. The number of halogens is 2. The van der Waals surface area contributed by atoms with E-state index in [-0.39, 0.29) is 58.9 Å². The summed E-state index contributed by atoms with van der Waals surface area (Å²) >= 11 is 11.8. The van der Waals surface area contributed by atoms with Gasteiger partial charge in [0.15, 0.2) is 5.78 Å². The molecule has 212 valence electrons. The number of rotatable bonds is 8. The zero-order chi connectivity index (χ0) is 27.8. The summed E-state index contributed by atoms with van der Waals surface area (Å²) in [5.41, 5.74) is 2.74. The van der Waals surface area contributed by atoms with Crippen LogP contribution in [0.3, 0.4) is 0 Å². The van der Waals surface area contributed by atoms with Crippen LogP contribution in [0.4, 0.5) is 5.69 Å². The van der Waals surface area contributed by atoms with Gasteiger partial charge < -0.3 is 15.0 Å². The minimum absolute atomic E-state index is 0.0371. The molecule has 3 fully saturated rings. The number of nitrogens with zero attached hydrogens (tertiary/aromatic N) is 1. The van der Waals surface area contributed by atoms with Gasteiger partial charge in [0.05, 0.1) is 6.42 Å². The Balaban J connectivity index is 1.22. The van der Waals surface area contributed by atoms with Gasteiger partial charge in [0.2, 0.25) is 5.91 Å². The van der Waals surface area contributed by atoms with Crippen LogP contribution >= 0.6 is 23.2 Å². The van der Waals surface area contributed by atoms with Crippen LogP contribution in [0, 0.1) is 23.2 Å². The van der Waals surface area contributed by atoms with Gasteiger partial charge in [-0.25, -0.2) is 0 Å². The van der Waals surface area contributed by atoms with Crippen molar-refractivity contribution in [1.29, 1.82) is 0 Å². The Morgan fingerprint density at radius 1 is 1.03 bits per heavy atom. The number of piperidine rings is 1. The van der Waals surface area contributed by atoms with Crippen molar-refractivity contribution in [1.82, 2.24) is 5.32 Å². The fourth-order valence-corrected chi connectivity index (χ4v) is 8.35. The number of allylic oxidation sites excluding steroid dienone is 1. The lowest BCUT2D eigenvalue weighted by molar-refractivity contribution is -0.151. The Bertz CT molecular complexity index is 1130. The number of hydrogen-bond acceptors (Lipinski definition) is 5. The molecule has 3 aliphatic carbocycles. The number of hydrogen-bond donors (Lipinski definition) is 1. The zero-order valence-corrected chi connectivity index (χ0v) is 24.5. The predicted octanol–water partition coefficient (Wildman–Crippen LogP) is 5.44. The lowest BCUT2D eigenvalue weighted by Gasteiger charge is -2.58. The molecule has 1 heterocycles. The third kappa shape index (κ3) is 5.61. The maximum Gasteiger partial charge on any atom is 0.310 e. The number of nitrogens with one attached hydrogen (secondary N) is 1. The van der Waals surface area contributed by atoms with E-state index in [1.165, 1.54) is 0 Å². The highest BCUT2D eigenvalue weighted by Crippen LogP contribution is 2.59. The Kier molecular flexibility index (Phi) is 8.36. The lowest BCUT2D eigenvalue weighted by Crippen LogP contribution is -2.64. The SMILES string of the molecule is C[C@]12CC[C@H](OC(=O)Cc3ccc(N(CCCl)CCCl)cc3)CC1=CC(=O)C1C2CC[C@]2(C)NC(=O)CCC12. The molecule has 5 rings (SSSR count). The monoisotopic (exact) mass is 574 g/mol. The van der Waals surface area contributed by atoms with E-state index in [4.69, 9.17) is 27.9 Å². The molecule has 0 bridgehead atoms. The second-order valence-corrected chi connectivity index (χ2v) is 13.1. The van der Waals surface area contributed by atoms with E-state index in [2.05, 4.69) is 24.1 Å². The highest BCUT2D eigenvalue weighted by Gasteiger charge is 2.58. The van der Waals surface area contributed by atoms with Crippen LogP contribution in [0.1, 0.15) is 64.4 Å². The number of anilines is 1. The van der Waals surface area contributed by atoms with Crippen LogP contribution in [0.15, 0.2) is 35.9 Å². The lowest BCUT2D eigenvalue weighted by atomic mass is 9.48. The van der Waals surface area contributed by atoms with Crippen LogP contribution < -0.4 is 10.2 Å². The van der Waals surface area contributed by atoms with Gasteiger partial charge in [-0.1, -0.05) is 24.6 Å². The van der Waals surface area contributed by atoms with E-state index in [9.17, 15) is 14.4 Å². The van der Waals surface area contributed by atoms with Crippen molar-refractivity contribution in [2.75, 3.05) is 29.7 Å². The first-order valence-corrected chi connectivity index (χ1v) is 15.4. The quantitative estimate of drug-likeness (QED) is 0.330. The first-order valence-electron chi connectivity index (χ1n) is 14.4. The first-order chi connectivity index (χ1) is 18.7. The molecule has 0 radical (unpaired) electrons. The van der Waals surface area contributed by atoms with Crippen LogP contribution in [-0.4, -0.2) is 54.2 Å². The van der Waals surface area contributed by atoms with Gasteiger partial charge in [0.1, 0.15) is 6.10 Å². The molecule has 1 amide bonds. The summed E-state index contributed by atoms with van der Waals surface area (Å²) in [6, 6.07) is 7.90. The molecule has 4 aliphatic rings. The Hall–Kier alpha value is -2.05. The maximum absolute atomic E-state index is 13.5. The number of amides is 1. The predicted molar refractivity (Wildman–Crippen MR) is 154 cm³/mol. The number of alkyl halides is 2. The van der Waals surface area contributed by atoms with Crippen LogP contribution in [0.2, 0.25) is 0 Å². The van der Waals surface area contributed by atoms with Gasteiger partial charge >= 0.3 is 5.97 Å². The largest absolute Gasteiger partial charge is 0.462 e. The van der Waals surface area contributed by atoms with Crippen LogP contribution in [0.5, 0.6) is 0 Å². The van der Waals surface area contributed by atoms with E-state index < -0.39 is 0 Å². The van der Waals surface area contributed by atoms with Crippen molar-refractivity contribution in [2.45, 2.75) is 76.9 Å². The molecule has 8 heteroatoms. The smallest absolute Gasteiger partial charge is 0.310 e. The normalized spacial score (nSPS) is 33.7. The molecule has 39 heavy (non-hydrogen) atoms. The number of esters is 1. The Labute approximate surface area is 241 Å². The number of fused-ring (bicyclic) bond motifs is 5. The summed E-state index contributed by atoms with van der Waals surface area (Å²) in [7, 11) is 0. The fourth-order valence-electron chi connectivity index (χ4n) is 7.94. The van der Waals surface area contributed by atoms with Gasteiger partial charge in [-0.3, -0.25) is 14.4 Å². The van der Waals surface area contributed by atoms with E-state index in [0.29, 0.717) is 37.7 Å². The Morgan fingerprint density at radius 2 is 1.74 bits per heavy atom. The van der Waals surface area contributed by atoms with Crippen molar-refractivity contribution in [3.8, 4) is 0 Å². The third-order valence-corrected chi connectivity index (χ3v) is 10.4. The highest BCUT2D eigenvalue weighted by atomic mass is 35.5. The summed E-state index contributed by atoms with van der Waals surface area (Å²) in [4.78, 5) is 40.6.